The second-order valence-electron chi connectivity index (χ2n) is 12.8. The zero-order valence-corrected chi connectivity index (χ0v) is 26.9. The Hall–Kier alpha value is -4.08. The van der Waals surface area contributed by atoms with Gasteiger partial charge in [0, 0.05) is 12.1 Å². The first-order valence-corrected chi connectivity index (χ1v) is 16.3. The number of aliphatic hydroxyl groups is 7. The maximum absolute atomic E-state index is 13.7. The maximum Gasteiger partial charge on any atom is 0.233 e. The van der Waals surface area contributed by atoms with Crippen LogP contribution in [0.3, 0.4) is 0 Å². The maximum atomic E-state index is 13.7. The first-order chi connectivity index (χ1) is 23.5. The summed E-state index contributed by atoms with van der Waals surface area (Å²) in [4.78, 5) is 19.5. The third kappa shape index (κ3) is 8.05. The Kier molecular flexibility index (Phi) is 11.6. The van der Waals surface area contributed by atoms with Gasteiger partial charge in [0.15, 0.2) is 0 Å². The van der Waals surface area contributed by atoms with Crippen molar-refractivity contribution in [3.8, 4) is 0 Å². The van der Waals surface area contributed by atoms with Crippen LogP contribution < -0.4 is 4.90 Å². The molecule has 0 saturated carbocycles. The van der Waals surface area contributed by atoms with E-state index in [-0.39, 0.29) is 24.8 Å². The van der Waals surface area contributed by atoms with Crippen LogP contribution in [0.4, 0.5) is 10.1 Å². The molecule has 0 spiro atoms. The van der Waals surface area contributed by atoms with Crippen LogP contribution >= 0.6 is 0 Å². The third-order valence-corrected chi connectivity index (χ3v) is 9.56. The molecule has 0 bridgehead atoms. The van der Waals surface area contributed by atoms with Crippen molar-refractivity contribution in [2.24, 2.45) is 5.92 Å². The lowest BCUT2D eigenvalue weighted by Gasteiger charge is -2.48. The number of benzene rings is 3. The third-order valence-electron chi connectivity index (χ3n) is 9.56. The van der Waals surface area contributed by atoms with E-state index in [0.717, 1.165) is 34.6 Å². The Morgan fingerprint density at radius 1 is 0.816 bits per heavy atom. The number of hydrogen-bond donors (Lipinski definition) is 8. The van der Waals surface area contributed by atoms with E-state index >= 15 is 0 Å². The van der Waals surface area contributed by atoms with E-state index in [2.05, 4.69) is 15.2 Å². The lowest BCUT2D eigenvalue weighted by Crippen LogP contribution is -2.62. The van der Waals surface area contributed by atoms with Crippen LogP contribution in [0.2, 0.25) is 0 Å². The molecular weight excluding hydrogens is 635 g/mol. The van der Waals surface area contributed by atoms with Gasteiger partial charge in [0.25, 0.3) is 0 Å². The topological polar surface area (TPSA) is 203 Å². The molecule has 5 atom stereocenters. The fourth-order valence-electron chi connectivity index (χ4n) is 6.39. The number of aromatic nitrogens is 3. The van der Waals surface area contributed by atoms with Gasteiger partial charge in [0.05, 0.1) is 37.9 Å². The number of carbonyl (C=O) groups excluding carboxylic acids is 1. The van der Waals surface area contributed by atoms with Gasteiger partial charge in [-0.15, -0.1) is 0 Å². The van der Waals surface area contributed by atoms with Gasteiger partial charge in [-0.05, 0) is 78.6 Å². The minimum absolute atomic E-state index is 0.0861. The van der Waals surface area contributed by atoms with Crippen molar-refractivity contribution in [1.82, 2.24) is 15.2 Å². The second kappa shape index (κ2) is 15.6. The molecule has 8 N–H and O–H groups in total. The first kappa shape index (κ1) is 36.2. The molecule has 1 aromatic heterocycles. The number of H-pyrrole nitrogens is 1. The van der Waals surface area contributed by atoms with Gasteiger partial charge < -0.3 is 40.6 Å². The van der Waals surface area contributed by atoms with Crippen molar-refractivity contribution in [1.29, 1.82) is 0 Å². The molecule has 13 heteroatoms. The van der Waals surface area contributed by atoms with Gasteiger partial charge in [0.2, 0.25) is 5.91 Å². The number of hydrogen-bond acceptors (Lipinski definition) is 10. The van der Waals surface area contributed by atoms with Crippen LogP contribution in [-0.2, 0) is 24.1 Å². The highest BCUT2D eigenvalue weighted by molar-refractivity contribution is 6.03. The lowest BCUT2D eigenvalue weighted by molar-refractivity contribution is -0.212. The Morgan fingerprint density at radius 2 is 1.43 bits per heavy atom. The van der Waals surface area contributed by atoms with E-state index in [1.165, 1.54) is 30.6 Å². The molecule has 12 nitrogen and oxygen atoms in total. The predicted octanol–water partition coefficient (Wildman–Crippen LogP) is 1.68. The zero-order valence-electron chi connectivity index (χ0n) is 26.9. The standard InChI is InChI=1S/C36H43FN4O8/c37-27-10-8-25(9-11-27)30(45)15-14-29-32(41(33(29)46)28-12-3-23(4-13-28)5-16-31-38-22-39-40-31)26-6-1-24(2-7-26)17-18-35(48,19-42)34(47)36(49,20-43)21-44/h1-4,6-13,22,29-30,32,34,42-45,47-49H,5,14-21H2,(H,38,39,40)/t29-,30+,32-,34?,35?/m1/s1. The van der Waals surface area contributed by atoms with Crippen LogP contribution in [0.15, 0.2) is 79.1 Å². The smallest absolute Gasteiger partial charge is 0.233 e. The van der Waals surface area contributed by atoms with E-state index < -0.39 is 55.0 Å². The van der Waals surface area contributed by atoms with E-state index in [0.29, 0.717) is 24.8 Å². The molecule has 262 valence electrons. The van der Waals surface area contributed by atoms with Crippen LogP contribution in [0.5, 0.6) is 0 Å². The molecule has 0 radical (unpaired) electrons. The number of nitrogens with zero attached hydrogens (tertiary/aromatic N) is 3. The molecule has 49 heavy (non-hydrogen) atoms. The normalized spacial score (nSPS) is 18.9. The average molecular weight is 679 g/mol. The number of aryl methyl sites for hydroxylation is 3. The van der Waals surface area contributed by atoms with Crippen molar-refractivity contribution in [2.45, 2.75) is 68.0 Å². The van der Waals surface area contributed by atoms with Crippen molar-refractivity contribution in [2.75, 3.05) is 24.7 Å². The molecule has 4 aromatic rings. The molecule has 3 aromatic carbocycles. The summed E-state index contributed by atoms with van der Waals surface area (Å²) in [5.74, 6) is -0.138. The number of halogens is 1. The molecule has 2 heterocycles. The summed E-state index contributed by atoms with van der Waals surface area (Å²) >= 11 is 0. The van der Waals surface area contributed by atoms with Crippen molar-refractivity contribution >= 4 is 11.6 Å². The highest BCUT2D eigenvalue weighted by Gasteiger charge is 2.49. The van der Waals surface area contributed by atoms with Gasteiger partial charge >= 0.3 is 0 Å². The van der Waals surface area contributed by atoms with Gasteiger partial charge in [-0.3, -0.25) is 9.89 Å². The summed E-state index contributed by atoms with van der Waals surface area (Å²) in [5.41, 5.74) is -0.681. The van der Waals surface area contributed by atoms with E-state index in [1.807, 2.05) is 48.5 Å². The van der Waals surface area contributed by atoms with Crippen molar-refractivity contribution < 1.29 is 44.9 Å². The summed E-state index contributed by atoms with van der Waals surface area (Å²) in [7, 11) is 0. The Morgan fingerprint density at radius 3 is 2.02 bits per heavy atom. The molecule has 5 rings (SSSR count). The largest absolute Gasteiger partial charge is 0.393 e. The van der Waals surface area contributed by atoms with Crippen LogP contribution in [0.1, 0.15) is 59.5 Å². The van der Waals surface area contributed by atoms with E-state index in [9.17, 15) is 44.9 Å². The van der Waals surface area contributed by atoms with Gasteiger partial charge in [-0.1, -0.05) is 48.5 Å². The Balaban J connectivity index is 1.32. The fourth-order valence-corrected chi connectivity index (χ4v) is 6.39. The molecule has 0 aliphatic carbocycles. The van der Waals surface area contributed by atoms with Gasteiger partial charge in [-0.2, -0.15) is 5.10 Å². The van der Waals surface area contributed by atoms with Gasteiger partial charge in [-0.25, -0.2) is 9.37 Å². The SMILES string of the molecule is O=C1[C@H](CC[C@H](O)c2ccc(F)cc2)[C@@H](c2ccc(CCC(O)(CO)C(O)C(O)(CO)CO)cc2)N1c1ccc(CCc2ncn[nH]2)cc1. The number of nitrogens with one attached hydrogen (secondary N) is 1. The molecule has 2 unspecified atom stereocenters. The quantitative estimate of drug-likeness (QED) is 0.0760. The summed E-state index contributed by atoms with van der Waals surface area (Å²) in [6, 6.07) is 20.4. The van der Waals surface area contributed by atoms with Gasteiger partial charge in [0.1, 0.15) is 35.3 Å². The summed E-state index contributed by atoms with van der Waals surface area (Å²) in [5, 5.41) is 78.0. The second-order valence-corrected chi connectivity index (χ2v) is 12.8. The Bertz CT molecular complexity index is 1640. The number of rotatable bonds is 17. The number of aromatic amines is 1. The monoisotopic (exact) mass is 678 g/mol. The Labute approximate surface area is 283 Å². The molecule has 1 amide bonds. The molecule has 1 aliphatic heterocycles. The molecule has 1 saturated heterocycles. The highest BCUT2D eigenvalue weighted by Crippen LogP contribution is 2.46. The molecule has 1 fully saturated rings. The van der Waals surface area contributed by atoms with E-state index in [4.69, 9.17) is 0 Å². The molecular formula is C36H43FN4O8. The average Bonchev–Trinajstić information content (AvgIpc) is 3.66. The number of anilines is 1. The highest BCUT2D eigenvalue weighted by atomic mass is 19.1. The minimum Gasteiger partial charge on any atom is -0.393 e. The molecule has 1 aliphatic rings. The number of amides is 1. The summed E-state index contributed by atoms with van der Waals surface area (Å²) < 4.78 is 13.4. The fraction of sp³-hybridized carbons (Fsp3) is 0.417. The first-order valence-electron chi connectivity index (χ1n) is 16.3. The zero-order chi connectivity index (χ0) is 35.2. The predicted molar refractivity (Wildman–Crippen MR) is 176 cm³/mol. The summed E-state index contributed by atoms with van der Waals surface area (Å²) in [6.45, 7) is -2.96. The van der Waals surface area contributed by atoms with Crippen molar-refractivity contribution in [3.63, 3.8) is 0 Å². The number of aliphatic hydroxyl groups excluding tert-OH is 5. The number of carbonyl (C=O) groups is 1. The van der Waals surface area contributed by atoms with Crippen LogP contribution in [0, 0.1) is 11.7 Å². The lowest BCUT2D eigenvalue weighted by atomic mass is 9.77. The van der Waals surface area contributed by atoms with E-state index in [1.54, 1.807) is 4.90 Å². The number of β-lactam (4-membered cyclic amide) rings is 1. The minimum atomic E-state index is -2.41. The van der Waals surface area contributed by atoms with Crippen LogP contribution in [-0.4, -0.2) is 94.0 Å². The van der Waals surface area contributed by atoms with Crippen molar-refractivity contribution in [3.05, 3.63) is 113 Å². The summed E-state index contributed by atoms with van der Waals surface area (Å²) in [6.07, 6.45) is 0.666. The van der Waals surface area contributed by atoms with Crippen LogP contribution in [0.25, 0.3) is 0 Å².